The van der Waals surface area contributed by atoms with E-state index in [2.05, 4.69) is 0 Å². The molecule has 13 heavy (non-hydrogen) atoms. The molecule has 1 heterocycles. The second-order valence-electron chi connectivity index (χ2n) is 4.52. The normalized spacial score (nSPS) is 34.2. The van der Waals surface area contributed by atoms with Crippen LogP contribution in [-0.4, -0.2) is 29.3 Å². The lowest BCUT2D eigenvalue weighted by Gasteiger charge is -2.47. The zero-order valence-electron chi connectivity index (χ0n) is 8.04. The minimum atomic E-state index is 0.107. The molecule has 3 N–H and O–H groups in total. The van der Waals surface area contributed by atoms with E-state index < -0.39 is 0 Å². The Kier molecular flexibility index (Phi) is 2.86. The average molecular weight is 201 g/mol. The number of hydrogen-bond acceptors (Lipinski definition) is 3. The highest BCUT2D eigenvalue weighted by molar-refractivity contribution is 7.99. The average Bonchev–Trinajstić information content (AvgIpc) is 2.54. The Morgan fingerprint density at radius 2 is 2.31 bits per heavy atom. The van der Waals surface area contributed by atoms with Crippen molar-refractivity contribution in [3.05, 3.63) is 0 Å². The zero-order chi connectivity index (χ0) is 9.31. The van der Waals surface area contributed by atoms with Crippen molar-refractivity contribution in [1.29, 1.82) is 0 Å². The van der Waals surface area contributed by atoms with Gasteiger partial charge in [0.15, 0.2) is 0 Å². The lowest BCUT2D eigenvalue weighted by Crippen LogP contribution is -2.53. The molecular weight excluding hydrogens is 182 g/mol. The fourth-order valence-corrected chi connectivity index (χ4v) is 3.88. The first-order chi connectivity index (χ1) is 6.28. The highest BCUT2D eigenvalue weighted by atomic mass is 32.2. The maximum Gasteiger partial charge on any atom is 0.0502 e. The molecule has 2 aliphatic rings. The van der Waals surface area contributed by atoms with E-state index in [-0.39, 0.29) is 11.5 Å². The molecule has 0 aromatic rings. The molecule has 76 valence electrons. The van der Waals surface area contributed by atoms with Gasteiger partial charge in [0.2, 0.25) is 0 Å². The van der Waals surface area contributed by atoms with Crippen molar-refractivity contribution in [2.75, 3.05) is 18.1 Å². The van der Waals surface area contributed by atoms with Gasteiger partial charge in [0, 0.05) is 11.5 Å². The number of rotatable bonds is 3. The number of thioether (sulfide) groups is 1. The van der Waals surface area contributed by atoms with Crippen LogP contribution in [0.1, 0.15) is 25.7 Å². The van der Waals surface area contributed by atoms with E-state index in [1.807, 2.05) is 11.8 Å². The summed E-state index contributed by atoms with van der Waals surface area (Å²) in [5.74, 6) is 3.14. The molecule has 1 saturated heterocycles. The van der Waals surface area contributed by atoms with Gasteiger partial charge in [-0.25, -0.2) is 0 Å². The Hall–Kier alpha value is 0.270. The quantitative estimate of drug-likeness (QED) is 0.722. The summed E-state index contributed by atoms with van der Waals surface area (Å²) in [5.41, 5.74) is 6.36. The highest BCUT2D eigenvalue weighted by Crippen LogP contribution is 2.46. The molecule has 1 aliphatic heterocycles. The topological polar surface area (TPSA) is 46.2 Å². The largest absolute Gasteiger partial charge is 0.396 e. The Bertz CT molecular complexity index is 170. The molecule has 1 aliphatic carbocycles. The molecule has 2 fully saturated rings. The fourth-order valence-electron chi connectivity index (χ4n) is 2.56. The van der Waals surface area contributed by atoms with Crippen LogP contribution in [0.2, 0.25) is 0 Å². The van der Waals surface area contributed by atoms with E-state index in [1.165, 1.54) is 24.3 Å². The van der Waals surface area contributed by atoms with Crippen LogP contribution in [0.3, 0.4) is 0 Å². The van der Waals surface area contributed by atoms with Gasteiger partial charge in [-0.1, -0.05) is 6.42 Å². The zero-order valence-corrected chi connectivity index (χ0v) is 8.85. The SMILES string of the molecule is NC(C1CCSC1)C1(CO)CCC1. The summed E-state index contributed by atoms with van der Waals surface area (Å²) in [5, 5.41) is 9.38. The summed E-state index contributed by atoms with van der Waals surface area (Å²) < 4.78 is 0. The van der Waals surface area contributed by atoms with Crippen LogP contribution in [0.15, 0.2) is 0 Å². The monoisotopic (exact) mass is 201 g/mol. The molecule has 1 saturated carbocycles. The second-order valence-corrected chi connectivity index (χ2v) is 5.67. The first kappa shape index (κ1) is 9.81. The van der Waals surface area contributed by atoms with Crippen LogP contribution in [-0.2, 0) is 0 Å². The van der Waals surface area contributed by atoms with Crippen LogP contribution in [0.5, 0.6) is 0 Å². The third-order valence-electron chi connectivity index (χ3n) is 3.84. The lowest BCUT2D eigenvalue weighted by atomic mass is 9.62. The van der Waals surface area contributed by atoms with Gasteiger partial charge in [0.05, 0.1) is 6.61 Å². The molecule has 2 atom stereocenters. The Labute approximate surface area is 84.3 Å². The third-order valence-corrected chi connectivity index (χ3v) is 5.03. The van der Waals surface area contributed by atoms with Gasteiger partial charge in [-0.05, 0) is 36.7 Å². The minimum Gasteiger partial charge on any atom is -0.396 e. The van der Waals surface area contributed by atoms with Crippen molar-refractivity contribution in [1.82, 2.24) is 0 Å². The first-order valence-corrected chi connectivity index (χ1v) is 6.38. The Morgan fingerprint density at radius 1 is 1.54 bits per heavy atom. The molecular formula is C10H19NOS. The van der Waals surface area contributed by atoms with E-state index in [0.29, 0.717) is 12.5 Å². The van der Waals surface area contributed by atoms with E-state index in [4.69, 9.17) is 5.73 Å². The summed E-state index contributed by atoms with van der Waals surface area (Å²) in [6.07, 6.45) is 4.80. The van der Waals surface area contributed by atoms with Crippen LogP contribution >= 0.6 is 11.8 Å². The Morgan fingerprint density at radius 3 is 2.69 bits per heavy atom. The molecule has 0 radical (unpaired) electrons. The molecule has 2 rings (SSSR count). The molecule has 2 nitrogen and oxygen atoms in total. The second kappa shape index (κ2) is 3.79. The van der Waals surface area contributed by atoms with Crippen LogP contribution < -0.4 is 5.73 Å². The molecule has 0 aromatic heterocycles. The maximum absolute atomic E-state index is 9.38. The van der Waals surface area contributed by atoms with Gasteiger partial charge in [0.1, 0.15) is 0 Å². The fraction of sp³-hybridized carbons (Fsp3) is 1.00. The van der Waals surface area contributed by atoms with Gasteiger partial charge >= 0.3 is 0 Å². The summed E-state index contributed by atoms with van der Waals surface area (Å²) in [7, 11) is 0. The molecule has 0 amide bonds. The predicted octanol–water partition coefficient (Wildman–Crippen LogP) is 1.23. The molecule has 0 aromatic carbocycles. The first-order valence-electron chi connectivity index (χ1n) is 5.23. The number of aliphatic hydroxyl groups excluding tert-OH is 1. The van der Waals surface area contributed by atoms with E-state index in [0.717, 1.165) is 12.8 Å². The number of aliphatic hydroxyl groups is 1. The van der Waals surface area contributed by atoms with Gasteiger partial charge < -0.3 is 10.8 Å². The van der Waals surface area contributed by atoms with Gasteiger partial charge in [-0.2, -0.15) is 11.8 Å². The van der Waals surface area contributed by atoms with E-state index >= 15 is 0 Å². The minimum absolute atomic E-state index is 0.107. The Balaban J connectivity index is 1.97. The van der Waals surface area contributed by atoms with Gasteiger partial charge in [-0.15, -0.1) is 0 Å². The molecule has 3 heteroatoms. The van der Waals surface area contributed by atoms with E-state index in [9.17, 15) is 5.11 Å². The lowest BCUT2D eigenvalue weighted by molar-refractivity contribution is 0.00351. The van der Waals surface area contributed by atoms with Crippen molar-refractivity contribution in [2.24, 2.45) is 17.1 Å². The van der Waals surface area contributed by atoms with Crippen molar-refractivity contribution in [3.63, 3.8) is 0 Å². The third kappa shape index (κ3) is 1.62. The van der Waals surface area contributed by atoms with Crippen molar-refractivity contribution in [3.8, 4) is 0 Å². The van der Waals surface area contributed by atoms with Gasteiger partial charge in [0.25, 0.3) is 0 Å². The molecule has 2 unspecified atom stereocenters. The predicted molar refractivity (Wildman–Crippen MR) is 56.8 cm³/mol. The highest BCUT2D eigenvalue weighted by Gasteiger charge is 2.45. The maximum atomic E-state index is 9.38. The van der Waals surface area contributed by atoms with Crippen molar-refractivity contribution >= 4 is 11.8 Å². The standard InChI is InChI=1S/C10H19NOS/c11-9(8-2-5-13-6-8)10(7-12)3-1-4-10/h8-9,12H,1-7,11H2. The summed E-state index contributed by atoms with van der Waals surface area (Å²) in [6, 6.07) is 0.251. The van der Waals surface area contributed by atoms with Crippen LogP contribution in [0, 0.1) is 11.3 Å². The number of hydrogen-bond donors (Lipinski definition) is 2. The summed E-state index contributed by atoms with van der Waals surface area (Å²) >= 11 is 2.01. The smallest absolute Gasteiger partial charge is 0.0502 e. The summed E-state index contributed by atoms with van der Waals surface area (Å²) in [4.78, 5) is 0. The van der Waals surface area contributed by atoms with Crippen molar-refractivity contribution < 1.29 is 5.11 Å². The van der Waals surface area contributed by atoms with Crippen molar-refractivity contribution in [2.45, 2.75) is 31.7 Å². The van der Waals surface area contributed by atoms with E-state index in [1.54, 1.807) is 0 Å². The number of nitrogens with two attached hydrogens (primary N) is 1. The van der Waals surface area contributed by atoms with Gasteiger partial charge in [-0.3, -0.25) is 0 Å². The molecule has 0 spiro atoms. The van der Waals surface area contributed by atoms with Crippen LogP contribution in [0.4, 0.5) is 0 Å². The summed E-state index contributed by atoms with van der Waals surface area (Å²) in [6.45, 7) is 0.301. The molecule has 0 bridgehead atoms. The van der Waals surface area contributed by atoms with Crippen LogP contribution in [0.25, 0.3) is 0 Å².